The first-order valence-electron chi connectivity index (χ1n) is 7.89. The molecule has 26 heavy (non-hydrogen) atoms. The maximum Gasteiger partial charge on any atom is 0.279 e. The number of aromatic nitrogens is 4. The van der Waals surface area contributed by atoms with Gasteiger partial charge in [0.1, 0.15) is 5.52 Å². The predicted octanol–water partition coefficient (Wildman–Crippen LogP) is 4.40. The van der Waals surface area contributed by atoms with Crippen LogP contribution in [-0.2, 0) is 0 Å². The van der Waals surface area contributed by atoms with Crippen LogP contribution in [0.5, 0.6) is 0 Å². The van der Waals surface area contributed by atoms with Crippen LogP contribution in [0.15, 0.2) is 42.5 Å². The average Bonchev–Trinajstić information content (AvgIpc) is 3.19. The molecule has 0 fully saturated rings. The van der Waals surface area contributed by atoms with Crippen LogP contribution in [0.3, 0.4) is 0 Å². The van der Waals surface area contributed by atoms with E-state index in [1.165, 1.54) is 11.3 Å². The van der Waals surface area contributed by atoms with Crippen LogP contribution in [0, 0.1) is 13.8 Å². The number of carbonyl (C=O) groups excluding carboxylic acids is 1. The van der Waals surface area contributed by atoms with E-state index in [0.717, 1.165) is 16.0 Å². The van der Waals surface area contributed by atoms with Gasteiger partial charge in [-0.1, -0.05) is 52.4 Å². The Hall–Kier alpha value is -2.77. The van der Waals surface area contributed by atoms with Gasteiger partial charge in [-0.2, -0.15) is 0 Å². The van der Waals surface area contributed by atoms with Crippen molar-refractivity contribution in [1.82, 2.24) is 20.0 Å². The molecule has 0 spiro atoms. The van der Waals surface area contributed by atoms with Gasteiger partial charge in [-0.05, 0) is 37.6 Å². The van der Waals surface area contributed by atoms with Crippen molar-refractivity contribution in [3.8, 4) is 5.69 Å². The van der Waals surface area contributed by atoms with Gasteiger partial charge < -0.3 is 0 Å². The van der Waals surface area contributed by atoms with Gasteiger partial charge in [-0.3, -0.25) is 10.1 Å². The van der Waals surface area contributed by atoms with Crippen LogP contribution in [0.4, 0.5) is 5.13 Å². The molecule has 0 atom stereocenters. The molecule has 0 unspecified atom stereocenters. The monoisotopic (exact) mass is 383 g/mol. The molecule has 0 aliphatic carbocycles. The second kappa shape index (κ2) is 6.51. The van der Waals surface area contributed by atoms with Crippen molar-refractivity contribution in [1.29, 1.82) is 0 Å². The molecule has 0 aliphatic rings. The van der Waals surface area contributed by atoms with E-state index in [1.54, 1.807) is 10.7 Å². The van der Waals surface area contributed by atoms with Gasteiger partial charge in [0, 0.05) is 0 Å². The van der Waals surface area contributed by atoms with Gasteiger partial charge in [0.2, 0.25) is 0 Å². The van der Waals surface area contributed by atoms with Crippen LogP contribution >= 0.6 is 22.9 Å². The van der Waals surface area contributed by atoms with Crippen LogP contribution in [0.1, 0.15) is 21.7 Å². The number of carbonyl (C=O) groups is 1. The number of hydrogen-bond acceptors (Lipinski definition) is 5. The molecule has 0 saturated carbocycles. The third-order valence-corrected chi connectivity index (χ3v) is 5.28. The van der Waals surface area contributed by atoms with Gasteiger partial charge in [-0.15, -0.1) is 5.10 Å². The Labute approximate surface area is 158 Å². The number of benzene rings is 2. The molecule has 4 aromatic rings. The summed E-state index contributed by atoms with van der Waals surface area (Å²) >= 11 is 7.50. The van der Waals surface area contributed by atoms with E-state index in [9.17, 15) is 4.79 Å². The lowest BCUT2D eigenvalue weighted by Gasteiger charge is -2.06. The fraction of sp³-hybridized carbons (Fsp3) is 0.111. The average molecular weight is 384 g/mol. The Morgan fingerprint density at radius 2 is 1.96 bits per heavy atom. The maximum absolute atomic E-state index is 12.6. The second-order valence-corrected chi connectivity index (χ2v) is 7.22. The van der Waals surface area contributed by atoms with E-state index < -0.39 is 0 Å². The third-order valence-electron chi connectivity index (χ3n) is 4.04. The number of nitrogens with one attached hydrogen (secondary N) is 1. The smallest absolute Gasteiger partial charge is 0.279 e. The summed E-state index contributed by atoms with van der Waals surface area (Å²) in [7, 11) is 0. The molecular weight excluding hydrogens is 370 g/mol. The second-order valence-electron chi connectivity index (χ2n) is 5.78. The number of fused-ring (bicyclic) bond motifs is 1. The molecule has 6 nitrogen and oxygen atoms in total. The summed E-state index contributed by atoms with van der Waals surface area (Å²) in [5.74, 6) is -0.350. The van der Waals surface area contributed by atoms with Gasteiger partial charge >= 0.3 is 0 Å². The van der Waals surface area contributed by atoms with E-state index in [2.05, 4.69) is 20.6 Å². The first-order chi connectivity index (χ1) is 12.5. The summed E-state index contributed by atoms with van der Waals surface area (Å²) in [5.41, 5.74) is 3.54. The molecule has 0 radical (unpaired) electrons. The van der Waals surface area contributed by atoms with E-state index in [4.69, 9.17) is 11.6 Å². The number of nitrogens with zero attached hydrogens (tertiary/aromatic N) is 4. The number of anilines is 1. The van der Waals surface area contributed by atoms with E-state index >= 15 is 0 Å². The Balaban J connectivity index is 1.64. The Morgan fingerprint density at radius 1 is 1.15 bits per heavy atom. The minimum Gasteiger partial charge on any atom is -0.296 e. The summed E-state index contributed by atoms with van der Waals surface area (Å²) < 4.78 is 2.58. The lowest BCUT2D eigenvalue weighted by atomic mass is 10.2. The van der Waals surface area contributed by atoms with Gasteiger partial charge in [0.05, 0.1) is 21.1 Å². The van der Waals surface area contributed by atoms with Gasteiger partial charge in [-0.25, -0.2) is 9.67 Å². The van der Waals surface area contributed by atoms with Crippen LogP contribution < -0.4 is 5.32 Å². The minimum absolute atomic E-state index is 0.263. The summed E-state index contributed by atoms with van der Waals surface area (Å²) in [6.45, 7) is 3.80. The molecule has 2 heterocycles. The van der Waals surface area contributed by atoms with E-state index in [1.807, 2.05) is 50.2 Å². The number of para-hydroxylation sites is 2. The summed E-state index contributed by atoms with van der Waals surface area (Å²) in [6.07, 6.45) is 0. The normalized spacial score (nSPS) is 11.0. The number of halogens is 1. The number of amides is 1. The van der Waals surface area contributed by atoms with Crippen molar-refractivity contribution in [2.24, 2.45) is 0 Å². The Morgan fingerprint density at radius 3 is 2.73 bits per heavy atom. The fourth-order valence-corrected chi connectivity index (χ4v) is 3.85. The first-order valence-corrected chi connectivity index (χ1v) is 9.09. The first kappa shape index (κ1) is 16.7. The standard InChI is InChI=1S/C18H14ClN5OS/c1-10-6-3-4-8-13(10)24-11(2)15(22-23-24)17(25)21-18-20-16-12(19)7-5-9-14(16)26-18/h3-9H,1-2H3,(H,20,21,25). The number of thiazole rings is 1. The zero-order valence-corrected chi connectivity index (χ0v) is 15.6. The van der Waals surface area contributed by atoms with Crippen molar-refractivity contribution < 1.29 is 4.79 Å². The number of rotatable bonds is 3. The molecule has 2 aromatic carbocycles. The molecule has 4 rings (SSSR count). The summed E-state index contributed by atoms with van der Waals surface area (Å²) in [6, 6.07) is 13.3. The van der Waals surface area contributed by atoms with Crippen molar-refractivity contribution in [2.45, 2.75) is 13.8 Å². The summed E-state index contributed by atoms with van der Waals surface area (Å²) in [4.78, 5) is 17.0. The molecule has 1 amide bonds. The Bertz CT molecular complexity index is 1130. The van der Waals surface area contributed by atoms with E-state index in [-0.39, 0.29) is 11.6 Å². The predicted molar refractivity (Wildman–Crippen MR) is 103 cm³/mol. The lowest BCUT2D eigenvalue weighted by molar-refractivity contribution is 0.102. The highest BCUT2D eigenvalue weighted by atomic mass is 35.5. The molecule has 0 aliphatic heterocycles. The van der Waals surface area contributed by atoms with Crippen molar-refractivity contribution in [3.05, 3.63) is 64.4 Å². The van der Waals surface area contributed by atoms with Crippen LogP contribution in [-0.4, -0.2) is 25.9 Å². The largest absolute Gasteiger partial charge is 0.296 e. The number of aryl methyl sites for hydroxylation is 1. The lowest BCUT2D eigenvalue weighted by Crippen LogP contribution is -2.14. The molecular formula is C18H14ClN5OS. The van der Waals surface area contributed by atoms with Crippen molar-refractivity contribution >= 4 is 44.2 Å². The summed E-state index contributed by atoms with van der Waals surface area (Å²) in [5, 5.41) is 12.0. The van der Waals surface area contributed by atoms with Crippen molar-refractivity contribution in [2.75, 3.05) is 5.32 Å². The topological polar surface area (TPSA) is 72.7 Å². The van der Waals surface area contributed by atoms with Crippen LogP contribution in [0.2, 0.25) is 5.02 Å². The van der Waals surface area contributed by atoms with Gasteiger partial charge in [0.25, 0.3) is 5.91 Å². The zero-order chi connectivity index (χ0) is 18.3. The maximum atomic E-state index is 12.6. The highest BCUT2D eigenvalue weighted by Gasteiger charge is 2.19. The minimum atomic E-state index is -0.350. The molecule has 0 saturated heterocycles. The fourth-order valence-electron chi connectivity index (χ4n) is 2.69. The SMILES string of the molecule is Cc1ccccc1-n1nnc(C(=O)Nc2nc3c(Cl)cccc3s2)c1C. The zero-order valence-electron chi connectivity index (χ0n) is 14.0. The number of hydrogen-bond donors (Lipinski definition) is 1. The quantitative estimate of drug-likeness (QED) is 0.569. The highest BCUT2D eigenvalue weighted by Crippen LogP contribution is 2.30. The highest BCUT2D eigenvalue weighted by molar-refractivity contribution is 7.22. The van der Waals surface area contributed by atoms with Gasteiger partial charge in [0.15, 0.2) is 10.8 Å². The Kier molecular flexibility index (Phi) is 4.18. The molecule has 1 N–H and O–H groups in total. The molecule has 130 valence electrons. The molecule has 8 heteroatoms. The van der Waals surface area contributed by atoms with Crippen LogP contribution in [0.25, 0.3) is 15.9 Å². The van der Waals surface area contributed by atoms with E-state index in [0.29, 0.717) is 21.4 Å². The third kappa shape index (κ3) is 2.85. The van der Waals surface area contributed by atoms with Crippen molar-refractivity contribution in [3.63, 3.8) is 0 Å². The molecule has 0 bridgehead atoms. The molecule has 2 aromatic heterocycles.